The molecule has 0 radical (unpaired) electrons. The van der Waals surface area contributed by atoms with Crippen molar-refractivity contribution in [2.24, 2.45) is 0 Å². The van der Waals surface area contributed by atoms with Crippen LogP contribution in [0.15, 0.2) is 46.9 Å². The lowest BCUT2D eigenvalue weighted by Gasteiger charge is -2.13. The van der Waals surface area contributed by atoms with Gasteiger partial charge in [0.1, 0.15) is 18.1 Å². The van der Waals surface area contributed by atoms with Crippen LogP contribution in [0.4, 0.5) is 13.2 Å². The van der Waals surface area contributed by atoms with Crippen LogP contribution < -0.4 is 9.47 Å². The lowest BCUT2D eigenvalue weighted by molar-refractivity contribution is -0.138. The highest BCUT2D eigenvalue weighted by atomic mass is 79.9. The van der Waals surface area contributed by atoms with Crippen LogP contribution in [-0.4, -0.2) is 7.11 Å². The van der Waals surface area contributed by atoms with Gasteiger partial charge in [0.15, 0.2) is 0 Å². The Morgan fingerprint density at radius 3 is 2.29 bits per heavy atom. The molecule has 2 rings (SSSR count). The van der Waals surface area contributed by atoms with Crippen molar-refractivity contribution in [3.63, 3.8) is 0 Å². The molecule has 2 nitrogen and oxygen atoms in total. The summed E-state index contributed by atoms with van der Waals surface area (Å²) in [6.45, 7) is 0.171. The van der Waals surface area contributed by atoms with Crippen LogP contribution in [-0.2, 0) is 12.8 Å². The number of benzene rings is 2. The molecule has 0 saturated carbocycles. The Morgan fingerprint density at radius 1 is 1.05 bits per heavy atom. The van der Waals surface area contributed by atoms with Crippen molar-refractivity contribution in [2.75, 3.05) is 7.11 Å². The molecule has 0 aromatic heterocycles. The molecule has 0 saturated heterocycles. The van der Waals surface area contributed by atoms with Crippen LogP contribution in [0.3, 0.4) is 0 Å². The molecule has 0 bridgehead atoms. The van der Waals surface area contributed by atoms with Crippen molar-refractivity contribution in [2.45, 2.75) is 12.8 Å². The molecule has 21 heavy (non-hydrogen) atoms. The number of rotatable bonds is 4. The van der Waals surface area contributed by atoms with E-state index < -0.39 is 11.7 Å². The van der Waals surface area contributed by atoms with E-state index in [4.69, 9.17) is 9.47 Å². The molecule has 0 heterocycles. The van der Waals surface area contributed by atoms with E-state index in [0.29, 0.717) is 5.75 Å². The molecule has 0 spiro atoms. The minimum Gasteiger partial charge on any atom is -0.497 e. The molecule has 2 aromatic rings. The van der Waals surface area contributed by atoms with Gasteiger partial charge >= 0.3 is 6.18 Å². The summed E-state index contributed by atoms with van der Waals surface area (Å²) in [5.41, 5.74) is 0.0786. The minimum atomic E-state index is -4.42. The summed E-state index contributed by atoms with van der Waals surface area (Å²) < 4.78 is 48.7. The van der Waals surface area contributed by atoms with Gasteiger partial charge in [0.2, 0.25) is 0 Å². The Labute approximate surface area is 128 Å². The van der Waals surface area contributed by atoms with Crippen molar-refractivity contribution >= 4 is 15.9 Å². The maximum absolute atomic E-state index is 12.8. The molecule has 6 heteroatoms. The highest BCUT2D eigenvalue weighted by molar-refractivity contribution is 9.10. The first-order valence-electron chi connectivity index (χ1n) is 6.03. The summed E-state index contributed by atoms with van der Waals surface area (Å²) in [4.78, 5) is 0. The summed E-state index contributed by atoms with van der Waals surface area (Å²) in [6.07, 6.45) is -4.42. The van der Waals surface area contributed by atoms with Gasteiger partial charge in [-0.25, -0.2) is 0 Å². The lowest BCUT2D eigenvalue weighted by atomic mass is 10.2. The number of methoxy groups -OCH3 is 1. The summed E-state index contributed by atoms with van der Waals surface area (Å²) >= 11 is 2.95. The molecular formula is C15H12BrF3O2. The molecule has 0 aliphatic carbocycles. The van der Waals surface area contributed by atoms with Crippen molar-refractivity contribution in [1.29, 1.82) is 0 Å². The van der Waals surface area contributed by atoms with E-state index in [1.807, 2.05) is 0 Å². The lowest BCUT2D eigenvalue weighted by Crippen LogP contribution is -2.07. The van der Waals surface area contributed by atoms with Gasteiger partial charge < -0.3 is 9.47 Å². The normalized spacial score (nSPS) is 11.3. The van der Waals surface area contributed by atoms with E-state index >= 15 is 0 Å². The van der Waals surface area contributed by atoms with E-state index in [1.165, 1.54) is 12.1 Å². The fourth-order valence-electron chi connectivity index (χ4n) is 1.72. The third-order valence-corrected chi connectivity index (χ3v) is 3.64. The Hall–Kier alpha value is -1.69. The summed E-state index contributed by atoms with van der Waals surface area (Å²) in [5, 5.41) is 0. The topological polar surface area (TPSA) is 18.5 Å². The summed E-state index contributed by atoms with van der Waals surface area (Å²) in [7, 11) is 1.56. The van der Waals surface area contributed by atoms with Crippen LogP contribution in [0.5, 0.6) is 11.5 Å². The van der Waals surface area contributed by atoms with E-state index in [2.05, 4.69) is 15.9 Å². The third-order valence-electron chi connectivity index (χ3n) is 2.82. The molecule has 0 atom stereocenters. The molecular weight excluding hydrogens is 349 g/mol. The molecule has 0 aliphatic heterocycles. The predicted octanol–water partition coefficient (Wildman–Crippen LogP) is 5.06. The number of halogens is 4. The van der Waals surface area contributed by atoms with Gasteiger partial charge in [-0.1, -0.05) is 18.2 Å². The molecule has 0 aliphatic rings. The monoisotopic (exact) mass is 360 g/mol. The quantitative estimate of drug-likeness (QED) is 0.758. The maximum atomic E-state index is 12.8. The predicted molar refractivity (Wildman–Crippen MR) is 76.5 cm³/mol. The molecule has 2 aromatic carbocycles. The highest BCUT2D eigenvalue weighted by Crippen LogP contribution is 2.39. The average Bonchev–Trinajstić information content (AvgIpc) is 2.45. The summed E-state index contributed by atoms with van der Waals surface area (Å²) in [5.74, 6) is 0.861. The molecule has 0 N–H and O–H groups in total. The zero-order valence-electron chi connectivity index (χ0n) is 11.1. The fraction of sp³-hybridized carbons (Fsp3) is 0.200. The first kappa shape index (κ1) is 15.7. The zero-order chi connectivity index (χ0) is 15.5. The number of ether oxygens (including phenoxy) is 2. The van der Waals surface area contributed by atoms with Crippen LogP contribution in [0.2, 0.25) is 0 Å². The van der Waals surface area contributed by atoms with Gasteiger partial charge in [0.05, 0.1) is 17.1 Å². The molecule has 0 amide bonds. The van der Waals surface area contributed by atoms with Crippen LogP contribution in [0.25, 0.3) is 0 Å². The van der Waals surface area contributed by atoms with Crippen LogP contribution in [0, 0.1) is 0 Å². The SMILES string of the molecule is COc1ccc(COc2cccc(C(F)(F)F)c2Br)cc1. The van der Waals surface area contributed by atoms with Crippen molar-refractivity contribution in [1.82, 2.24) is 0 Å². The standard InChI is InChI=1S/C15H12BrF3O2/c1-20-11-7-5-10(6-8-11)9-21-13-4-2-3-12(14(13)16)15(17,18)19/h2-8H,9H2,1H3. The van der Waals surface area contributed by atoms with Gasteiger partial charge in [0.25, 0.3) is 0 Å². The second kappa shape index (κ2) is 6.39. The molecule has 112 valence electrons. The van der Waals surface area contributed by atoms with Crippen molar-refractivity contribution < 1.29 is 22.6 Å². The molecule has 0 fully saturated rings. The summed E-state index contributed by atoms with van der Waals surface area (Å²) in [6, 6.07) is 10.9. The van der Waals surface area contributed by atoms with E-state index in [0.717, 1.165) is 11.6 Å². The van der Waals surface area contributed by atoms with Crippen LogP contribution in [0.1, 0.15) is 11.1 Å². The second-order valence-electron chi connectivity index (χ2n) is 4.25. The average molecular weight is 361 g/mol. The third kappa shape index (κ3) is 3.91. The molecule has 0 unspecified atom stereocenters. The van der Waals surface area contributed by atoms with Gasteiger partial charge in [-0.2, -0.15) is 13.2 Å². The van der Waals surface area contributed by atoms with Gasteiger partial charge in [-0.05, 0) is 45.8 Å². The Kier molecular flexibility index (Phi) is 4.77. The van der Waals surface area contributed by atoms with Crippen molar-refractivity contribution in [3.05, 3.63) is 58.1 Å². The highest BCUT2D eigenvalue weighted by Gasteiger charge is 2.33. The van der Waals surface area contributed by atoms with Gasteiger partial charge in [0, 0.05) is 0 Å². The largest absolute Gasteiger partial charge is 0.497 e. The second-order valence-corrected chi connectivity index (χ2v) is 5.05. The Bertz CT molecular complexity index is 609. The maximum Gasteiger partial charge on any atom is 0.417 e. The fourth-order valence-corrected chi connectivity index (χ4v) is 2.33. The smallest absolute Gasteiger partial charge is 0.417 e. The van der Waals surface area contributed by atoms with E-state index in [9.17, 15) is 13.2 Å². The number of alkyl halides is 3. The van der Waals surface area contributed by atoms with E-state index in [-0.39, 0.29) is 16.8 Å². The van der Waals surface area contributed by atoms with Gasteiger partial charge in [-0.3, -0.25) is 0 Å². The first-order chi connectivity index (χ1) is 9.91. The first-order valence-corrected chi connectivity index (χ1v) is 6.82. The van der Waals surface area contributed by atoms with Crippen LogP contribution >= 0.6 is 15.9 Å². The zero-order valence-corrected chi connectivity index (χ0v) is 12.7. The van der Waals surface area contributed by atoms with E-state index in [1.54, 1.807) is 31.4 Å². The number of hydrogen-bond donors (Lipinski definition) is 0. The van der Waals surface area contributed by atoms with Crippen molar-refractivity contribution in [3.8, 4) is 11.5 Å². The van der Waals surface area contributed by atoms with Gasteiger partial charge in [-0.15, -0.1) is 0 Å². The minimum absolute atomic E-state index is 0.0917. The Balaban J connectivity index is 2.13. The number of hydrogen-bond acceptors (Lipinski definition) is 2. The Morgan fingerprint density at radius 2 is 1.71 bits per heavy atom.